The van der Waals surface area contributed by atoms with Crippen LogP contribution >= 0.6 is 23.2 Å². The summed E-state index contributed by atoms with van der Waals surface area (Å²) in [6.45, 7) is 8.13. The SMILES string of the molecule is CCNCCNC(=O)Cc1c(C)nn(-c2ccc(Cl)cc2Cl)c1C. The van der Waals surface area contributed by atoms with Crippen molar-refractivity contribution in [2.75, 3.05) is 19.6 Å². The Morgan fingerprint density at radius 1 is 1.25 bits per heavy atom. The Morgan fingerprint density at radius 2 is 2.00 bits per heavy atom. The van der Waals surface area contributed by atoms with E-state index in [2.05, 4.69) is 15.7 Å². The molecule has 0 aliphatic carbocycles. The van der Waals surface area contributed by atoms with Crippen molar-refractivity contribution >= 4 is 29.1 Å². The van der Waals surface area contributed by atoms with E-state index in [-0.39, 0.29) is 5.91 Å². The number of benzene rings is 1. The van der Waals surface area contributed by atoms with E-state index in [1.165, 1.54) is 0 Å². The van der Waals surface area contributed by atoms with E-state index < -0.39 is 0 Å². The van der Waals surface area contributed by atoms with E-state index in [9.17, 15) is 4.79 Å². The number of rotatable bonds is 7. The number of carbonyl (C=O) groups excluding carboxylic acids is 1. The van der Waals surface area contributed by atoms with Gasteiger partial charge in [0.05, 0.1) is 22.8 Å². The minimum atomic E-state index is -0.0131. The number of aromatic nitrogens is 2. The van der Waals surface area contributed by atoms with Crippen LogP contribution in [0.5, 0.6) is 0 Å². The highest BCUT2D eigenvalue weighted by Gasteiger charge is 2.17. The molecule has 2 rings (SSSR count). The summed E-state index contributed by atoms with van der Waals surface area (Å²) in [4.78, 5) is 12.1. The van der Waals surface area contributed by atoms with Gasteiger partial charge in [0.1, 0.15) is 0 Å². The number of nitrogens with one attached hydrogen (secondary N) is 2. The second-order valence-electron chi connectivity index (χ2n) is 5.54. The van der Waals surface area contributed by atoms with Gasteiger partial charge < -0.3 is 10.6 Å². The fraction of sp³-hybridized carbons (Fsp3) is 0.412. The number of hydrogen-bond acceptors (Lipinski definition) is 3. The zero-order valence-corrected chi connectivity index (χ0v) is 15.6. The predicted octanol–water partition coefficient (Wildman–Crippen LogP) is 3.06. The van der Waals surface area contributed by atoms with Gasteiger partial charge in [0.25, 0.3) is 0 Å². The summed E-state index contributed by atoms with van der Waals surface area (Å²) in [5, 5.41) is 11.7. The van der Waals surface area contributed by atoms with Gasteiger partial charge in [-0.05, 0) is 38.6 Å². The lowest BCUT2D eigenvalue weighted by Gasteiger charge is -2.08. The first-order valence-corrected chi connectivity index (χ1v) is 8.67. The third-order valence-corrected chi connectivity index (χ3v) is 4.33. The standard InChI is InChI=1S/C17H22Cl2N4O/c1-4-20-7-8-21-17(24)10-14-11(2)22-23(12(14)3)16-6-5-13(18)9-15(16)19/h5-6,9,20H,4,7-8,10H2,1-3H3,(H,21,24). The van der Waals surface area contributed by atoms with Crippen molar-refractivity contribution in [2.45, 2.75) is 27.2 Å². The van der Waals surface area contributed by atoms with Crippen LogP contribution in [0, 0.1) is 13.8 Å². The fourth-order valence-corrected chi connectivity index (χ4v) is 3.00. The highest BCUT2D eigenvalue weighted by atomic mass is 35.5. The Hall–Kier alpha value is -1.56. The van der Waals surface area contributed by atoms with Crippen LogP contribution < -0.4 is 10.6 Å². The molecule has 0 unspecified atom stereocenters. The van der Waals surface area contributed by atoms with Crippen molar-refractivity contribution in [3.05, 3.63) is 45.2 Å². The number of nitrogens with zero attached hydrogens (tertiary/aromatic N) is 2. The van der Waals surface area contributed by atoms with Crippen LogP contribution in [0.15, 0.2) is 18.2 Å². The number of carbonyl (C=O) groups is 1. The van der Waals surface area contributed by atoms with Crippen LogP contribution in [0.2, 0.25) is 10.0 Å². The summed E-state index contributed by atoms with van der Waals surface area (Å²) in [7, 11) is 0. The number of likely N-dealkylation sites (N-methyl/N-ethyl adjacent to an activating group) is 1. The van der Waals surface area contributed by atoms with E-state index >= 15 is 0 Å². The molecular formula is C17H22Cl2N4O. The van der Waals surface area contributed by atoms with Crippen LogP contribution in [-0.2, 0) is 11.2 Å². The molecule has 2 aromatic rings. The molecule has 0 aliphatic rings. The van der Waals surface area contributed by atoms with E-state index in [1.54, 1.807) is 16.8 Å². The van der Waals surface area contributed by atoms with Crippen LogP contribution in [0.1, 0.15) is 23.9 Å². The summed E-state index contributed by atoms with van der Waals surface area (Å²) >= 11 is 12.2. The smallest absolute Gasteiger partial charge is 0.224 e. The first-order valence-electron chi connectivity index (χ1n) is 7.92. The first kappa shape index (κ1) is 18.8. The van der Waals surface area contributed by atoms with Crippen LogP contribution in [-0.4, -0.2) is 35.3 Å². The molecule has 1 amide bonds. The van der Waals surface area contributed by atoms with Gasteiger partial charge in [0.2, 0.25) is 5.91 Å². The zero-order valence-electron chi connectivity index (χ0n) is 14.1. The second-order valence-corrected chi connectivity index (χ2v) is 6.38. The lowest BCUT2D eigenvalue weighted by atomic mass is 10.1. The molecule has 0 aliphatic heterocycles. The molecule has 1 heterocycles. The topological polar surface area (TPSA) is 58.9 Å². The Bertz CT molecular complexity index is 728. The Labute approximate surface area is 152 Å². The van der Waals surface area contributed by atoms with Crippen molar-refractivity contribution in [1.82, 2.24) is 20.4 Å². The molecule has 0 saturated heterocycles. The highest BCUT2D eigenvalue weighted by molar-refractivity contribution is 6.35. The summed E-state index contributed by atoms with van der Waals surface area (Å²) < 4.78 is 1.76. The van der Waals surface area contributed by atoms with Gasteiger partial charge in [0.15, 0.2) is 0 Å². The number of amides is 1. The van der Waals surface area contributed by atoms with Crippen molar-refractivity contribution < 1.29 is 4.79 Å². The highest BCUT2D eigenvalue weighted by Crippen LogP contribution is 2.27. The first-order chi connectivity index (χ1) is 11.4. The maximum atomic E-state index is 12.1. The third kappa shape index (κ3) is 4.50. The van der Waals surface area contributed by atoms with Crippen LogP contribution in [0.25, 0.3) is 5.69 Å². The lowest BCUT2D eigenvalue weighted by Crippen LogP contribution is -2.32. The predicted molar refractivity (Wildman–Crippen MR) is 98.3 cm³/mol. The van der Waals surface area contributed by atoms with Gasteiger partial charge in [-0.15, -0.1) is 0 Å². The molecule has 0 fully saturated rings. The molecular weight excluding hydrogens is 347 g/mol. The number of aryl methyl sites for hydroxylation is 1. The lowest BCUT2D eigenvalue weighted by molar-refractivity contribution is -0.120. The molecule has 0 spiro atoms. The van der Waals surface area contributed by atoms with Crippen LogP contribution in [0.4, 0.5) is 0 Å². The monoisotopic (exact) mass is 368 g/mol. The molecule has 5 nitrogen and oxygen atoms in total. The summed E-state index contributed by atoms with van der Waals surface area (Å²) in [5.41, 5.74) is 3.39. The summed E-state index contributed by atoms with van der Waals surface area (Å²) in [6, 6.07) is 5.28. The number of halogens is 2. The number of hydrogen-bond donors (Lipinski definition) is 2. The quantitative estimate of drug-likeness (QED) is 0.738. The average Bonchev–Trinajstić information content (AvgIpc) is 2.80. The van der Waals surface area contributed by atoms with Crippen molar-refractivity contribution in [3.63, 3.8) is 0 Å². The minimum Gasteiger partial charge on any atom is -0.355 e. The Kier molecular flexibility index (Phi) is 6.66. The zero-order chi connectivity index (χ0) is 17.7. The van der Waals surface area contributed by atoms with E-state index in [1.807, 2.05) is 26.8 Å². The van der Waals surface area contributed by atoms with Gasteiger partial charge in [-0.2, -0.15) is 5.10 Å². The molecule has 24 heavy (non-hydrogen) atoms. The van der Waals surface area contributed by atoms with Gasteiger partial charge in [-0.3, -0.25) is 4.79 Å². The molecule has 7 heteroatoms. The van der Waals surface area contributed by atoms with E-state index in [4.69, 9.17) is 23.2 Å². The normalized spacial score (nSPS) is 10.9. The maximum absolute atomic E-state index is 12.1. The fourth-order valence-electron chi connectivity index (χ4n) is 2.51. The Morgan fingerprint density at radius 3 is 2.67 bits per heavy atom. The van der Waals surface area contributed by atoms with Gasteiger partial charge in [-0.25, -0.2) is 4.68 Å². The molecule has 130 valence electrons. The largest absolute Gasteiger partial charge is 0.355 e. The average molecular weight is 369 g/mol. The maximum Gasteiger partial charge on any atom is 0.224 e. The van der Waals surface area contributed by atoms with E-state index in [0.717, 1.165) is 35.7 Å². The van der Waals surface area contributed by atoms with Crippen molar-refractivity contribution in [3.8, 4) is 5.69 Å². The summed E-state index contributed by atoms with van der Waals surface area (Å²) in [6.07, 6.45) is 0.301. The molecule has 0 atom stereocenters. The molecule has 0 saturated carbocycles. The summed E-state index contributed by atoms with van der Waals surface area (Å²) in [5.74, 6) is -0.0131. The molecule has 0 radical (unpaired) electrons. The molecule has 1 aromatic carbocycles. The van der Waals surface area contributed by atoms with E-state index in [0.29, 0.717) is 23.0 Å². The molecule has 2 N–H and O–H groups in total. The van der Waals surface area contributed by atoms with Gasteiger partial charge in [0, 0.05) is 29.4 Å². The van der Waals surface area contributed by atoms with Gasteiger partial charge in [-0.1, -0.05) is 30.1 Å². The molecule has 0 bridgehead atoms. The molecule has 1 aromatic heterocycles. The van der Waals surface area contributed by atoms with Crippen LogP contribution in [0.3, 0.4) is 0 Å². The van der Waals surface area contributed by atoms with Gasteiger partial charge >= 0.3 is 0 Å². The Balaban J connectivity index is 2.15. The third-order valence-electron chi connectivity index (χ3n) is 3.79. The van der Waals surface area contributed by atoms with Crippen molar-refractivity contribution in [2.24, 2.45) is 0 Å². The minimum absolute atomic E-state index is 0.0131. The second kappa shape index (κ2) is 8.51. The van der Waals surface area contributed by atoms with Crippen molar-refractivity contribution in [1.29, 1.82) is 0 Å².